The van der Waals surface area contributed by atoms with E-state index in [9.17, 15) is 25.5 Å². The zero-order valence-corrected chi connectivity index (χ0v) is 53.3. The Kier molecular flexibility index (Phi) is 26.9. The van der Waals surface area contributed by atoms with E-state index in [1.54, 1.807) is 60.7 Å². The van der Waals surface area contributed by atoms with Crippen molar-refractivity contribution in [1.82, 2.24) is 0 Å². The van der Waals surface area contributed by atoms with Gasteiger partial charge in [-0.05, 0) is 206 Å². The molecule has 4 N–H and O–H groups in total. The van der Waals surface area contributed by atoms with E-state index in [0.717, 1.165) is 57.6 Å². The van der Waals surface area contributed by atoms with E-state index in [1.807, 2.05) is 72.8 Å². The molecule has 0 aliphatic carbocycles. The Balaban J connectivity index is 0.000000324. The van der Waals surface area contributed by atoms with Gasteiger partial charge in [-0.1, -0.05) is 108 Å². The predicted molar refractivity (Wildman–Crippen MR) is 307 cm³/mol. The number of phenolic OH excluding ortho intramolecular Hbond substituents is 4. The molecule has 0 aliphatic heterocycles. The minimum Gasteiger partial charge on any atom is -0.872 e. The van der Waals surface area contributed by atoms with Gasteiger partial charge in [0.15, 0.2) is 0 Å². The molecule has 0 atom stereocenters. The minimum absolute atomic E-state index is 0. The van der Waals surface area contributed by atoms with Crippen LogP contribution in [0.1, 0.15) is 115 Å². The second-order valence-corrected chi connectivity index (χ2v) is 27.7. The van der Waals surface area contributed by atoms with E-state index < -0.39 is 28.0 Å². The van der Waals surface area contributed by atoms with Crippen LogP contribution in [0.5, 0.6) is 34.5 Å². The van der Waals surface area contributed by atoms with Gasteiger partial charge in [-0.2, -0.15) is 0 Å². The summed E-state index contributed by atoms with van der Waals surface area (Å²) in [5, 5.41) is 50.2. The Bertz CT molecular complexity index is 2330. The summed E-state index contributed by atoms with van der Waals surface area (Å²) in [6, 6.07) is 45.5. The van der Waals surface area contributed by atoms with E-state index in [4.69, 9.17) is 22.4 Å². The Morgan fingerprint density at radius 1 is 0.432 bits per heavy atom. The van der Waals surface area contributed by atoms with Crippen molar-refractivity contribution >= 4 is 39.7 Å². The largest absolute Gasteiger partial charge is 1.00 e. The van der Waals surface area contributed by atoms with Crippen molar-refractivity contribution in [3.63, 3.8) is 0 Å². The van der Waals surface area contributed by atoms with Gasteiger partial charge in [0.25, 0.3) is 0 Å². The van der Waals surface area contributed by atoms with E-state index in [1.165, 1.54) is 10.8 Å². The predicted octanol–water partition coefficient (Wildman–Crippen LogP) is 11.4. The van der Waals surface area contributed by atoms with Gasteiger partial charge in [0.2, 0.25) is 0 Å². The van der Waals surface area contributed by atoms with Crippen LogP contribution in [0.2, 0.25) is 25.2 Å². The topological polar surface area (TPSA) is 150 Å². The third-order valence-electron chi connectivity index (χ3n) is 12.4. The average molecular weight is 1180 g/mol. The molecule has 0 heterocycles. The zero-order valence-electron chi connectivity index (χ0n) is 46.0. The van der Waals surface area contributed by atoms with Crippen LogP contribution in [0.4, 0.5) is 0 Å². The van der Waals surface area contributed by atoms with E-state index in [-0.39, 0.29) is 105 Å². The summed E-state index contributed by atoms with van der Waals surface area (Å²) >= 11 is 2.41. The summed E-state index contributed by atoms with van der Waals surface area (Å²) < 4.78 is 31.5. The number of rotatable bonds is 22. The van der Waals surface area contributed by atoms with Gasteiger partial charge in [0.1, 0.15) is 28.7 Å². The van der Waals surface area contributed by atoms with Crippen molar-refractivity contribution < 1.29 is 99.4 Å². The molecule has 0 spiro atoms. The number of hydrogen-bond donors (Lipinski definition) is 4. The molecule has 0 unspecified atom stereocenters. The van der Waals surface area contributed by atoms with Crippen LogP contribution in [0, 0.1) is 0 Å². The summed E-state index contributed by atoms with van der Waals surface area (Å²) in [7, 11) is -4.15. The van der Waals surface area contributed by atoms with Crippen LogP contribution in [-0.4, -0.2) is 73.0 Å². The van der Waals surface area contributed by atoms with Gasteiger partial charge in [-0.25, -0.2) is 0 Å². The van der Waals surface area contributed by atoms with Crippen molar-refractivity contribution in [1.29, 1.82) is 0 Å². The summed E-state index contributed by atoms with van der Waals surface area (Å²) in [6.07, 6.45) is 2.90. The molecule has 0 fully saturated rings. The van der Waals surface area contributed by atoms with Crippen molar-refractivity contribution in [3.8, 4) is 34.5 Å². The number of halogens is 1. The SMILES string of the molecule is CC(C)O[Si](C)(CCCI)OC(C)C.CC(C)O[Si](C)(CCCOc1ccc(C(C)(c2ccc(O)cc2)c2ccc(O)cc2)cc1)OC(C)C.CC(c1ccc([O-])cc1)(c1ccc(O)cc1)c1ccc(O)cc1.[K+]. The summed E-state index contributed by atoms with van der Waals surface area (Å²) in [5.41, 5.74) is 5.12. The Hall–Kier alpha value is -3.24. The fraction of sp³-hybridized carbons (Fsp3) is 0.400. The van der Waals surface area contributed by atoms with Crippen molar-refractivity contribution in [2.24, 2.45) is 0 Å². The average Bonchev–Trinajstić information content (AvgIpc) is 3.32. The van der Waals surface area contributed by atoms with Gasteiger partial charge in [0.05, 0.1) is 6.61 Å². The molecular formula is C60H80IKO10Si2. The smallest absolute Gasteiger partial charge is 0.872 e. The molecule has 396 valence electrons. The van der Waals surface area contributed by atoms with Crippen LogP contribution < -0.4 is 61.2 Å². The fourth-order valence-corrected chi connectivity index (χ4v) is 16.4. The first-order valence-electron chi connectivity index (χ1n) is 25.4. The second kappa shape index (κ2) is 30.6. The fourth-order valence-electron chi connectivity index (χ4n) is 9.11. The summed E-state index contributed by atoms with van der Waals surface area (Å²) in [6.45, 7) is 25.7. The van der Waals surface area contributed by atoms with Crippen LogP contribution in [0.3, 0.4) is 0 Å². The number of ether oxygens (including phenoxy) is 1. The number of alkyl halides is 1. The minimum atomic E-state index is -2.25. The van der Waals surface area contributed by atoms with Crippen LogP contribution >= 0.6 is 22.6 Å². The Morgan fingerprint density at radius 3 is 0.932 bits per heavy atom. The van der Waals surface area contributed by atoms with Crippen LogP contribution in [0.15, 0.2) is 146 Å². The van der Waals surface area contributed by atoms with Gasteiger partial charge in [-0.15, -0.1) is 5.75 Å². The van der Waals surface area contributed by atoms with Crippen LogP contribution in [0.25, 0.3) is 0 Å². The molecule has 0 saturated heterocycles. The standard InChI is InChI=1S/C30H40O5Si.C20H18O3.C10H23IO2Si.K/c1-22(2)34-36(6,35-23(3)4)21-7-20-33-29-18-12-26(13-19-29)30(5,24-8-14-27(31)15-9-24)25-10-16-28(32)17-11-25;1-20(14-2-8-17(21)9-3-14,15-4-10-18(22)11-5-15)16-6-12-19(23)13-7-16;1-9(2)12-14(5,8-6-7-11)13-10(3)4;/h8-19,22-23,31-32H,7,20-21H2,1-6H3;2-13,21-23H,1H3;9-10H,6-8H2,1-5H3;/q;;;+1/p-1. The molecule has 0 aliphatic rings. The van der Waals surface area contributed by atoms with E-state index in [2.05, 4.69) is 117 Å². The van der Waals surface area contributed by atoms with Crippen molar-refractivity contribution in [2.75, 3.05) is 11.0 Å². The van der Waals surface area contributed by atoms with E-state index in [0.29, 0.717) is 6.61 Å². The number of phenols is 4. The first-order chi connectivity index (χ1) is 34.4. The molecule has 0 bridgehead atoms. The van der Waals surface area contributed by atoms with Crippen molar-refractivity contribution in [2.45, 2.75) is 143 Å². The molecule has 14 heteroatoms. The Labute approximate surface area is 500 Å². The molecule has 6 rings (SSSR count). The molecule has 74 heavy (non-hydrogen) atoms. The third-order valence-corrected chi connectivity index (χ3v) is 19.6. The molecular weight excluding hydrogens is 1100 g/mol. The maximum absolute atomic E-state index is 11.4. The van der Waals surface area contributed by atoms with E-state index >= 15 is 0 Å². The summed E-state index contributed by atoms with van der Waals surface area (Å²) in [4.78, 5) is 0. The summed E-state index contributed by atoms with van der Waals surface area (Å²) in [5.74, 6) is 1.65. The third kappa shape index (κ3) is 20.0. The molecule has 6 aromatic carbocycles. The van der Waals surface area contributed by atoms with Crippen LogP contribution in [-0.2, 0) is 28.5 Å². The normalized spacial score (nSPS) is 12.0. The molecule has 0 aromatic heterocycles. The second-order valence-electron chi connectivity index (χ2n) is 20.2. The van der Waals surface area contributed by atoms with Gasteiger partial charge >= 0.3 is 68.5 Å². The molecule has 0 saturated carbocycles. The molecule has 0 radical (unpaired) electrons. The number of hydrogen-bond acceptors (Lipinski definition) is 10. The van der Waals surface area contributed by atoms with Gasteiger partial charge in [0, 0.05) is 35.2 Å². The van der Waals surface area contributed by atoms with Gasteiger partial charge in [-0.3, -0.25) is 0 Å². The van der Waals surface area contributed by atoms with Crippen molar-refractivity contribution in [3.05, 3.63) is 179 Å². The maximum Gasteiger partial charge on any atom is 1.00 e. The number of benzene rings is 6. The zero-order chi connectivity index (χ0) is 54.0. The quantitative estimate of drug-likeness (QED) is 0.0170. The molecule has 6 aromatic rings. The number of aromatic hydroxyl groups is 4. The first kappa shape index (κ1) is 65.0. The van der Waals surface area contributed by atoms with Gasteiger partial charge < -0.3 is 48.0 Å². The first-order valence-corrected chi connectivity index (χ1v) is 31.9. The Morgan fingerprint density at radius 2 is 0.676 bits per heavy atom. The monoisotopic (exact) mass is 1180 g/mol. The maximum atomic E-state index is 11.4. The molecule has 10 nitrogen and oxygen atoms in total. The molecule has 0 amide bonds.